The molecule has 2 aromatic carbocycles. The Morgan fingerprint density at radius 1 is 1.15 bits per heavy atom. The highest BCUT2D eigenvalue weighted by Gasteiger charge is 2.13. The summed E-state index contributed by atoms with van der Waals surface area (Å²) in [5.41, 5.74) is 1.56. The van der Waals surface area contributed by atoms with Crippen molar-refractivity contribution in [3.05, 3.63) is 68.7 Å². The molecule has 1 N–H and O–H groups in total. The number of hydrogen-bond donors (Lipinski definition) is 1. The molecule has 0 aliphatic carbocycles. The zero-order valence-corrected chi connectivity index (χ0v) is 13.1. The van der Waals surface area contributed by atoms with Crippen molar-refractivity contribution >= 4 is 27.5 Å². The van der Waals surface area contributed by atoms with Gasteiger partial charge in [0.2, 0.25) is 0 Å². The van der Waals surface area contributed by atoms with Gasteiger partial charge in [-0.1, -0.05) is 17.7 Å². The van der Waals surface area contributed by atoms with E-state index in [1.807, 2.05) is 18.2 Å². The zero-order valence-electron chi connectivity index (χ0n) is 10.8. The minimum absolute atomic E-state index is 0.0678. The number of benzene rings is 2. The summed E-state index contributed by atoms with van der Waals surface area (Å²) in [5, 5.41) is 3.74. The Labute approximate surface area is 130 Å². The van der Waals surface area contributed by atoms with Crippen molar-refractivity contribution in [3.63, 3.8) is 0 Å². The maximum absolute atomic E-state index is 13.2. The highest BCUT2D eigenvalue weighted by atomic mass is 79.9. The molecule has 0 amide bonds. The van der Waals surface area contributed by atoms with Crippen molar-refractivity contribution in [1.29, 1.82) is 0 Å². The maximum Gasteiger partial charge on any atom is 0.126 e. The Bertz CT molecular complexity index is 599. The van der Waals surface area contributed by atoms with E-state index in [2.05, 4.69) is 21.2 Å². The van der Waals surface area contributed by atoms with E-state index in [4.69, 9.17) is 11.6 Å². The summed E-state index contributed by atoms with van der Waals surface area (Å²) in [7, 11) is 1.80. The third kappa shape index (κ3) is 3.78. The van der Waals surface area contributed by atoms with E-state index in [0.29, 0.717) is 17.0 Å². The number of likely N-dealkylation sites (N-methyl/N-ethyl adjacent to an activating group) is 1. The molecule has 20 heavy (non-hydrogen) atoms. The first-order valence-corrected chi connectivity index (χ1v) is 7.24. The molecule has 1 atom stereocenters. The summed E-state index contributed by atoms with van der Waals surface area (Å²) >= 11 is 9.41. The minimum atomic E-state index is -0.566. The predicted molar refractivity (Wildman–Crippen MR) is 81.0 cm³/mol. The van der Waals surface area contributed by atoms with Crippen LogP contribution in [0.25, 0.3) is 0 Å². The highest BCUT2D eigenvalue weighted by molar-refractivity contribution is 9.10. The fourth-order valence-electron chi connectivity index (χ4n) is 2.08. The van der Waals surface area contributed by atoms with Gasteiger partial charge in [0.05, 0.1) is 5.02 Å². The second-order valence-electron chi connectivity index (χ2n) is 4.50. The van der Waals surface area contributed by atoms with Crippen LogP contribution in [0.3, 0.4) is 0 Å². The van der Waals surface area contributed by atoms with Gasteiger partial charge in [-0.05, 0) is 64.8 Å². The largest absolute Gasteiger partial charge is 0.313 e. The smallest absolute Gasteiger partial charge is 0.126 e. The molecule has 0 bridgehead atoms. The topological polar surface area (TPSA) is 12.0 Å². The van der Waals surface area contributed by atoms with E-state index < -0.39 is 11.6 Å². The van der Waals surface area contributed by atoms with Gasteiger partial charge in [-0.15, -0.1) is 0 Å². The highest BCUT2D eigenvalue weighted by Crippen LogP contribution is 2.27. The van der Waals surface area contributed by atoms with E-state index in [1.165, 1.54) is 12.1 Å². The van der Waals surface area contributed by atoms with Crippen molar-refractivity contribution in [2.24, 2.45) is 0 Å². The van der Waals surface area contributed by atoms with Crippen LogP contribution in [0.1, 0.15) is 17.2 Å². The van der Waals surface area contributed by atoms with Crippen LogP contribution in [-0.4, -0.2) is 7.05 Å². The molecule has 0 heterocycles. The van der Waals surface area contributed by atoms with E-state index in [-0.39, 0.29) is 6.04 Å². The molecule has 2 rings (SSSR count). The Balaban J connectivity index is 2.26. The van der Waals surface area contributed by atoms with Crippen LogP contribution in [0.5, 0.6) is 0 Å². The lowest BCUT2D eigenvalue weighted by molar-refractivity contribution is 0.562. The molecule has 0 saturated carbocycles. The standard InChI is InChI=1S/C15H13BrClF2N/c1-20-15(10-2-3-13(16)14(17)7-10)6-9-4-11(18)8-12(19)5-9/h2-5,7-8,15,20H,6H2,1H3. The first-order valence-electron chi connectivity index (χ1n) is 6.07. The predicted octanol–water partition coefficient (Wildman–Crippen LogP) is 4.88. The summed E-state index contributed by atoms with van der Waals surface area (Å²) in [5.74, 6) is -1.13. The molecule has 0 spiro atoms. The lowest BCUT2D eigenvalue weighted by atomic mass is 9.99. The average molecular weight is 361 g/mol. The molecule has 0 saturated heterocycles. The normalized spacial score (nSPS) is 12.4. The Morgan fingerprint density at radius 3 is 2.35 bits per heavy atom. The first-order chi connectivity index (χ1) is 9.49. The summed E-state index contributed by atoms with van der Waals surface area (Å²) in [6, 6.07) is 9.10. The van der Waals surface area contributed by atoms with Crippen molar-refractivity contribution in [2.45, 2.75) is 12.5 Å². The van der Waals surface area contributed by atoms with Crippen molar-refractivity contribution < 1.29 is 8.78 Å². The molecule has 106 valence electrons. The molecular formula is C15H13BrClF2N. The van der Waals surface area contributed by atoms with Gasteiger partial charge in [-0.2, -0.15) is 0 Å². The van der Waals surface area contributed by atoms with Gasteiger partial charge in [0, 0.05) is 16.6 Å². The average Bonchev–Trinajstić information content (AvgIpc) is 2.38. The van der Waals surface area contributed by atoms with E-state index in [9.17, 15) is 8.78 Å². The van der Waals surface area contributed by atoms with E-state index in [1.54, 1.807) is 7.05 Å². The lowest BCUT2D eigenvalue weighted by Gasteiger charge is -2.17. The zero-order chi connectivity index (χ0) is 14.7. The van der Waals surface area contributed by atoms with Gasteiger partial charge < -0.3 is 5.32 Å². The second kappa shape index (κ2) is 6.66. The Kier molecular flexibility index (Phi) is 5.13. The monoisotopic (exact) mass is 359 g/mol. The van der Waals surface area contributed by atoms with E-state index in [0.717, 1.165) is 16.1 Å². The number of nitrogens with one attached hydrogen (secondary N) is 1. The minimum Gasteiger partial charge on any atom is -0.313 e. The maximum atomic E-state index is 13.2. The second-order valence-corrected chi connectivity index (χ2v) is 5.76. The lowest BCUT2D eigenvalue weighted by Crippen LogP contribution is -2.19. The van der Waals surface area contributed by atoms with Crippen LogP contribution >= 0.6 is 27.5 Å². The third-order valence-corrected chi connectivity index (χ3v) is 4.29. The summed E-state index contributed by atoms with van der Waals surface area (Å²) in [6.45, 7) is 0. The molecule has 0 aliphatic heterocycles. The molecule has 2 aromatic rings. The molecule has 0 aromatic heterocycles. The SMILES string of the molecule is CNC(Cc1cc(F)cc(F)c1)c1ccc(Br)c(Cl)c1. The van der Waals surface area contributed by atoms with Gasteiger partial charge in [0.1, 0.15) is 11.6 Å². The fraction of sp³-hybridized carbons (Fsp3) is 0.200. The molecule has 1 unspecified atom stereocenters. The fourth-order valence-corrected chi connectivity index (χ4v) is 2.52. The van der Waals surface area contributed by atoms with Crippen LogP contribution in [0.15, 0.2) is 40.9 Å². The molecule has 0 fully saturated rings. The molecule has 0 aliphatic rings. The number of hydrogen-bond acceptors (Lipinski definition) is 1. The molecule has 5 heteroatoms. The summed E-state index contributed by atoms with van der Waals surface area (Å²) in [6.07, 6.45) is 0.475. The Hall–Kier alpha value is -0.970. The van der Waals surface area contributed by atoms with Crippen LogP contribution in [0.2, 0.25) is 5.02 Å². The van der Waals surface area contributed by atoms with Gasteiger partial charge in [0.25, 0.3) is 0 Å². The van der Waals surface area contributed by atoms with Crippen LogP contribution < -0.4 is 5.32 Å². The van der Waals surface area contributed by atoms with Crippen LogP contribution in [0, 0.1) is 11.6 Å². The van der Waals surface area contributed by atoms with Gasteiger partial charge in [-0.3, -0.25) is 0 Å². The van der Waals surface area contributed by atoms with Crippen molar-refractivity contribution in [2.75, 3.05) is 7.05 Å². The van der Waals surface area contributed by atoms with Crippen molar-refractivity contribution in [1.82, 2.24) is 5.32 Å². The molecular weight excluding hydrogens is 348 g/mol. The summed E-state index contributed by atoms with van der Waals surface area (Å²) < 4.78 is 27.2. The van der Waals surface area contributed by atoms with Gasteiger partial charge in [0.15, 0.2) is 0 Å². The van der Waals surface area contributed by atoms with Crippen LogP contribution in [0.4, 0.5) is 8.78 Å². The number of rotatable bonds is 4. The third-order valence-electron chi connectivity index (χ3n) is 3.06. The van der Waals surface area contributed by atoms with Gasteiger partial charge in [-0.25, -0.2) is 8.78 Å². The summed E-state index contributed by atoms with van der Waals surface area (Å²) in [4.78, 5) is 0. The molecule has 1 nitrogen and oxygen atoms in total. The van der Waals surface area contributed by atoms with Crippen molar-refractivity contribution in [3.8, 4) is 0 Å². The van der Waals surface area contributed by atoms with Gasteiger partial charge >= 0.3 is 0 Å². The van der Waals surface area contributed by atoms with E-state index >= 15 is 0 Å². The Morgan fingerprint density at radius 2 is 1.80 bits per heavy atom. The number of halogens is 4. The first kappa shape index (κ1) is 15.4. The van der Waals surface area contributed by atoms with Crippen LogP contribution in [-0.2, 0) is 6.42 Å². The molecule has 0 radical (unpaired) electrons. The quantitative estimate of drug-likeness (QED) is 0.819.